The van der Waals surface area contributed by atoms with E-state index in [-0.39, 0.29) is 12.1 Å². The fourth-order valence-electron chi connectivity index (χ4n) is 3.13. The lowest BCUT2D eigenvalue weighted by Crippen LogP contribution is -2.35. The van der Waals surface area contributed by atoms with Crippen molar-refractivity contribution in [2.75, 3.05) is 11.9 Å². The fourth-order valence-corrected chi connectivity index (χ4v) is 3.43. The third-order valence-corrected chi connectivity index (χ3v) is 5.06. The lowest BCUT2D eigenvalue weighted by atomic mass is 10.2. The van der Waals surface area contributed by atoms with Crippen LogP contribution in [0, 0.1) is 0 Å². The zero-order valence-corrected chi connectivity index (χ0v) is 14.7. The molecule has 25 heavy (non-hydrogen) atoms. The zero-order chi connectivity index (χ0) is 17.4. The van der Waals surface area contributed by atoms with Crippen molar-refractivity contribution in [3.05, 3.63) is 58.5 Å². The van der Waals surface area contributed by atoms with Gasteiger partial charge in [0.1, 0.15) is 0 Å². The second kappa shape index (κ2) is 6.54. The van der Waals surface area contributed by atoms with Crippen LogP contribution in [0.3, 0.4) is 0 Å². The number of nitrogens with zero attached hydrogens (tertiary/aromatic N) is 4. The Labute approximate surface area is 154 Å². The van der Waals surface area contributed by atoms with E-state index in [0.29, 0.717) is 22.3 Å². The van der Waals surface area contributed by atoms with Gasteiger partial charge >= 0.3 is 6.03 Å². The van der Waals surface area contributed by atoms with Gasteiger partial charge in [-0.25, -0.2) is 4.79 Å². The van der Waals surface area contributed by atoms with Crippen LogP contribution in [0.4, 0.5) is 10.5 Å². The van der Waals surface area contributed by atoms with E-state index >= 15 is 0 Å². The highest BCUT2D eigenvalue weighted by Gasteiger charge is 2.33. The van der Waals surface area contributed by atoms with Crippen LogP contribution in [0.25, 0.3) is 5.65 Å². The lowest BCUT2D eigenvalue weighted by Gasteiger charge is -2.24. The Kier molecular flexibility index (Phi) is 4.23. The summed E-state index contributed by atoms with van der Waals surface area (Å²) < 4.78 is 1.93. The second-order valence-electron chi connectivity index (χ2n) is 5.90. The van der Waals surface area contributed by atoms with E-state index in [1.165, 1.54) is 0 Å². The van der Waals surface area contributed by atoms with Gasteiger partial charge in [-0.05, 0) is 43.2 Å². The van der Waals surface area contributed by atoms with Gasteiger partial charge in [-0.15, -0.1) is 10.2 Å². The SMILES string of the molecule is O=C(Nc1ccc(Cl)c(Cl)c1)N1CCCC1c1nnc2ccccn12. The maximum Gasteiger partial charge on any atom is 0.322 e. The van der Waals surface area contributed by atoms with Crippen LogP contribution in [-0.2, 0) is 0 Å². The Morgan fingerprint density at radius 3 is 2.88 bits per heavy atom. The van der Waals surface area contributed by atoms with E-state index in [9.17, 15) is 4.79 Å². The molecule has 3 aromatic rings. The number of fused-ring (bicyclic) bond motifs is 1. The molecule has 1 aromatic carbocycles. The standard InChI is InChI=1S/C17H15Cl2N5O/c18-12-7-6-11(10-13(12)19)20-17(25)23-9-3-4-14(23)16-22-21-15-5-1-2-8-24(15)16/h1-2,5-8,10,14H,3-4,9H2,(H,20,25). The second-order valence-corrected chi connectivity index (χ2v) is 6.71. The summed E-state index contributed by atoms with van der Waals surface area (Å²) in [7, 11) is 0. The number of benzene rings is 1. The summed E-state index contributed by atoms with van der Waals surface area (Å²) in [5, 5.41) is 12.2. The van der Waals surface area contributed by atoms with Crippen molar-refractivity contribution < 1.29 is 4.79 Å². The predicted molar refractivity (Wildman–Crippen MR) is 97.1 cm³/mol. The first-order valence-corrected chi connectivity index (χ1v) is 8.71. The van der Waals surface area contributed by atoms with Crippen LogP contribution in [0.5, 0.6) is 0 Å². The molecule has 128 valence electrons. The maximum atomic E-state index is 12.7. The number of carbonyl (C=O) groups is 1. The Bertz CT molecular complexity index is 942. The third-order valence-electron chi connectivity index (χ3n) is 4.32. The summed E-state index contributed by atoms with van der Waals surface area (Å²) in [6, 6.07) is 10.5. The first-order valence-electron chi connectivity index (χ1n) is 7.96. The van der Waals surface area contributed by atoms with Crippen molar-refractivity contribution in [1.82, 2.24) is 19.5 Å². The van der Waals surface area contributed by atoms with Crippen LogP contribution < -0.4 is 5.32 Å². The first kappa shape index (κ1) is 16.2. The van der Waals surface area contributed by atoms with Crippen molar-refractivity contribution in [2.24, 2.45) is 0 Å². The summed E-state index contributed by atoms with van der Waals surface area (Å²) in [6.07, 6.45) is 3.68. The smallest absolute Gasteiger partial charge is 0.314 e. The molecule has 1 aliphatic heterocycles. The van der Waals surface area contributed by atoms with E-state index in [0.717, 1.165) is 24.3 Å². The zero-order valence-electron chi connectivity index (χ0n) is 13.2. The number of carbonyl (C=O) groups excluding carboxylic acids is 1. The summed E-state index contributed by atoms with van der Waals surface area (Å²) in [5.41, 5.74) is 1.38. The van der Waals surface area contributed by atoms with Crippen molar-refractivity contribution >= 4 is 40.6 Å². The molecule has 8 heteroatoms. The van der Waals surface area contributed by atoms with Crippen LogP contribution in [0.15, 0.2) is 42.6 Å². The normalized spacial score (nSPS) is 17.2. The highest BCUT2D eigenvalue weighted by Crippen LogP contribution is 2.32. The van der Waals surface area contributed by atoms with E-state index in [2.05, 4.69) is 15.5 Å². The number of aromatic nitrogens is 3. The number of halogens is 2. The van der Waals surface area contributed by atoms with Crippen LogP contribution in [-0.4, -0.2) is 32.1 Å². The molecule has 0 saturated carbocycles. The number of anilines is 1. The molecule has 1 N–H and O–H groups in total. The number of amides is 2. The topological polar surface area (TPSA) is 62.5 Å². The third kappa shape index (κ3) is 3.03. The van der Waals surface area contributed by atoms with E-state index in [4.69, 9.17) is 23.2 Å². The van der Waals surface area contributed by atoms with Gasteiger partial charge in [0.05, 0.1) is 16.1 Å². The van der Waals surface area contributed by atoms with Crippen molar-refractivity contribution in [2.45, 2.75) is 18.9 Å². The molecule has 0 radical (unpaired) electrons. The Balaban J connectivity index is 1.58. The molecule has 2 aromatic heterocycles. The number of hydrogen-bond donors (Lipinski definition) is 1. The lowest BCUT2D eigenvalue weighted by molar-refractivity contribution is 0.204. The maximum absolute atomic E-state index is 12.7. The van der Waals surface area contributed by atoms with Gasteiger partial charge in [0.15, 0.2) is 11.5 Å². The Morgan fingerprint density at radius 1 is 1.16 bits per heavy atom. The molecule has 1 saturated heterocycles. The van der Waals surface area contributed by atoms with Crippen molar-refractivity contribution in [3.63, 3.8) is 0 Å². The number of rotatable bonds is 2. The summed E-state index contributed by atoms with van der Waals surface area (Å²) in [4.78, 5) is 14.5. The Morgan fingerprint density at radius 2 is 2.04 bits per heavy atom. The molecular weight excluding hydrogens is 361 g/mol. The molecule has 0 aliphatic carbocycles. The minimum atomic E-state index is -0.187. The summed E-state index contributed by atoms with van der Waals surface area (Å²) in [5.74, 6) is 0.775. The average molecular weight is 376 g/mol. The van der Waals surface area contributed by atoms with Gasteiger partial charge in [0, 0.05) is 18.4 Å². The minimum Gasteiger partial charge on any atom is -0.314 e. The monoisotopic (exact) mass is 375 g/mol. The van der Waals surface area contributed by atoms with Crippen LogP contribution in [0.1, 0.15) is 24.7 Å². The van der Waals surface area contributed by atoms with E-state index < -0.39 is 0 Å². The number of urea groups is 1. The van der Waals surface area contributed by atoms with Crippen molar-refractivity contribution in [1.29, 1.82) is 0 Å². The number of hydrogen-bond acceptors (Lipinski definition) is 3. The van der Waals surface area contributed by atoms with Gasteiger partial charge in [-0.2, -0.15) is 0 Å². The molecule has 1 fully saturated rings. The Hall–Kier alpha value is -2.31. The highest BCUT2D eigenvalue weighted by atomic mass is 35.5. The van der Waals surface area contributed by atoms with E-state index in [1.807, 2.05) is 28.8 Å². The molecule has 3 heterocycles. The molecule has 1 aliphatic rings. The van der Waals surface area contributed by atoms with Gasteiger partial charge in [0.25, 0.3) is 0 Å². The average Bonchev–Trinajstić information content (AvgIpc) is 3.24. The van der Waals surface area contributed by atoms with E-state index in [1.54, 1.807) is 23.1 Å². The number of nitrogens with one attached hydrogen (secondary N) is 1. The van der Waals surface area contributed by atoms with Crippen LogP contribution >= 0.6 is 23.2 Å². The largest absolute Gasteiger partial charge is 0.322 e. The highest BCUT2D eigenvalue weighted by molar-refractivity contribution is 6.42. The molecule has 4 rings (SSSR count). The van der Waals surface area contributed by atoms with Crippen LogP contribution in [0.2, 0.25) is 10.0 Å². The minimum absolute atomic E-state index is 0.111. The van der Waals surface area contributed by atoms with Gasteiger partial charge in [-0.3, -0.25) is 4.40 Å². The molecule has 1 atom stereocenters. The number of likely N-dealkylation sites (tertiary alicyclic amines) is 1. The van der Waals surface area contributed by atoms with Gasteiger partial charge in [0.2, 0.25) is 0 Å². The molecule has 0 spiro atoms. The molecule has 1 unspecified atom stereocenters. The molecule has 6 nitrogen and oxygen atoms in total. The molecule has 2 amide bonds. The first-order chi connectivity index (χ1) is 12.1. The van der Waals surface area contributed by atoms with Crippen molar-refractivity contribution in [3.8, 4) is 0 Å². The van der Waals surface area contributed by atoms with Gasteiger partial charge < -0.3 is 10.2 Å². The summed E-state index contributed by atoms with van der Waals surface area (Å²) >= 11 is 11.9. The van der Waals surface area contributed by atoms with Gasteiger partial charge in [-0.1, -0.05) is 29.3 Å². The molecule has 0 bridgehead atoms. The predicted octanol–water partition coefficient (Wildman–Crippen LogP) is 4.41. The molecular formula is C17H15Cl2N5O. The number of pyridine rings is 1. The summed E-state index contributed by atoms with van der Waals surface area (Å²) in [6.45, 7) is 0.666. The quantitative estimate of drug-likeness (QED) is 0.721. The fraction of sp³-hybridized carbons (Fsp3) is 0.235.